The maximum absolute atomic E-state index is 12.3. The van der Waals surface area contributed by atoms with E-state index in [4.69, 9.17) is 4.74 Å². The van der Waals surface area contributed by atoms with E-state index < -0.39 is 17.7 Å². The average Bonchev–Trinajstić information content (AvgIpc) is 2.66. The van der Waals surface area contributed by atoms with E-state index in [1.807, 2.05) is 74.5 Å². The van der Waals surface area contributed by atoms with Crippen molar-refractivity contribution in [3.8, 4) is 0 Å². The first-order valence-corrected chi connectivity index (χ1v) is 9.48. The lowest BCUT2D eigenvalue weighted by molar-refractivity contribution is -0.177. The van der Waals surface area contributed by atoms with Crippen LogP contribution in [0.1, 0.15) is 44.9 Å². The Morgan fingerprint density at radius 3 is 2.00 bits per heavy atom. The van der Waals surface area contributed by atoms with Crippen molar-refractivity contribution in [1.29, 1.82) is 0 Å². The highest BCUT2D eigenvalue weighted by Gasteiger charge is 2.45. The van der Waals surface area contributed by atoms with Crippen LogP contribution in [0.4, 0.5) is 0 Å². The van der Waals surface area contributed by atoms with Crippen LogP contribution in [0.5, 0.6) is 0 Å². The molecule has 28 heavy (non-hydrogen) atoms. The molecule has 0 fully saturated rings. The van der Waals surface area contributed by atoms with E-state index in [0.717, 1.165) is 5.56 Å². The third kappa shape index (κ3) is 5.42. The van der Waals surface area contributed by atoms with E-state index in [9.17, 15) is 14.7 Å². The van der Waals surface area contributed by atoms with Crippen LogP contribution in [-0.2, 0) is 20.9 Å². The summed E-state index contributed by atoms with van der Waals surface area (Å²) in [5.41, 5.74) is 0.206. The topological polar surface area (TPSA) is 66.8 Å². The fourth-order valence-corrected chi connectivity index (χ4v) is 3.21. The molecule has 2 aromatic carbocycles. The highest BCUT2D eigenvalue weighted by atomic mass is 16.6. The lowest BCUT2D eigenvalue weighted by atomic mass is 9.80. The molecule has 2 atom stereocenters. The number of carbonyl (C=O) groups excluding carboxylic acids is 2. The van der Waals surface area contributed by atoms with Gasteiger partial charge in [-0.25, -0.2) is 0 Å². The lowest BCUT2D eigenvalue weighted by Gasteiger charge is -2.42. The molecule has 2 aromatic rings. The van der Waals surface area contributed by atoms with Crippen molar-refractivity contribution in [3.63, 3.8) is 0 Å². The standard InChI is InChI=1S/C23H29NO4/c1-17(2)23(27,22(28-19(4)26)21-13-9-6-10-14-21)16-24(18(3)25)15-20-11-7-5-8-12-20/h5-14,17,22,27H,15-16H2,1-4H3/t22-,23+/m0/s1. The Bertz CT molecular complexity index is 776. The summed E-state index contributed by atoms with van der Waals surface area (Å²) in [6.07, 6.45) is -0.885. The van der Waals surface area contributed by atoms with Crippen molar-refractivity contribution < 1.29 is 19.4 Å². The third-order valence-electron chi connectivity index (χ3n) is 4.95. The van der Waals surface area contributed by atoms with Gasteiger partial charge >= 0.3 is 5.97 Å². The Kier molecular flexibility index (Phi) is 7.35. The van der Waals surface area contributed by atoms with Gasteiger partial charge < -0.3 is 14.7 Å². The van der Waals surface area contributed by atoms with Crippen LogP contribution in [0.2, 0.25) is 0 Å². The minimum atomic E-state index is -1.45. The van der Waals surface area contributed by atoms with Crippen molar-refractivity contribution in [3.05, 3.63) is 71.8 Å². The zero-order valence-corrected chi connectivity index (χ0v) is 17.0. The average molecular weight is 383 g/mol. The molecule has 1 amide bonds. The molecule has 0 saturated carbocycles. The van der Waals surface area contributed by atoms with E-state index in [1.165, 1.54) is 13.8 Å². The molecule has 150 valence electrons. The van der Waals surface area contributed by atoms with Crippen LogP contribution in [0.25, 0.3) is 0 Å². The van der Waals surface area contributed by atoms with E-state index in [2.05, 4.69) is 0 Å². The number of benzene rings is 2. The summed E-state index contributed by atoms with van der Waals surface area (Å²) in [7, 11) is 0. The van der Waals surface area contributed by atoms with Crippen molar-refractivity contribution in [2.75, 3.05) is 6.54 Å². The molecular weight excluding hydrogens is 354 g/mol. The molecule has 0 saturated heterocycles. The minimum absolute atomic E-state index is 0.0434. The van der Waals surface area contributed by atoms with Gasteiger partial charge in [0.2, 0.25) is 5.91 Å². The molecule has 0 aliphatic rings. The first-order chi connectivity index (χ1) is 13.2. The summed E-state index contributed by atoms with van der Waals surface area (Å²) in [6, 6.07) is 18.8. The Morgan fingerprint density at radius 1 is 1.00 bits per heavy atom. The summed E-state index contributed by atoms with van der Waals surface area (Å²) in [6.45, 7) is 6.94. The van der Waals surface area contributed by atoms with Crippen molar-refractivity contribution in [2.45, 2.75) is 45.9 Å². The first-order valence-electron chi connectivity index (χ1n) is 9.48. The van der Waals surface area contributed by atoms with Gasteiger partial charge in [-0.15, -0.1) is 0 Å². The molecule has 0 spiro atoms. The zero-order valence-electron chi connectivity index (χ0n) is 17.0. The van der Waals surface area contributed by atoms with Gasteiger partial charge in [0.1, 0.15) is 5.60 Å². The highest BCUT2D eigenvalue weighted by molar-refractivity contribution is 5.73. The van der Waals surface area contributed by atoms with E-state index in [0.29, 0.717) is 12.1 Å². The SMILES string of the molecule is CC(=O)O[C@@H](c1ccccc1)[C@@](O)(CN(Cc1ccccc1)C(C)=O)C(C)C. The fraction of sp³-hybridized carbons (Fsp3) is 0.391. The molecule has 5 nitrogen and oxygen atoms in total. The van der Waals surface area contributed by atoms with Gasteiger partial charge in [0.05, 0.1) is 6.54 Å². The summed E-state index contributed by atoms with van der Waals surface area (Å²) in [5, 5.41) is 11.7. The van der Waals surface area contributed by atoms with Gasteiger partial charge in [-0.05, 0) is 17.0 Å². The minimum Gasteiger partial charge on any atom is -0.454 e. The number of ether oxygens (including phenoxy) is 1. The highest BCUT2D eigenvalue weighted by Crippen LogP contribution is 2.37. The Labute approximate surface area is 166 Å². The number of aliphatic hydroxyl groups is 1. The number of hydrogen-bond acceptors (Lipinski definition) is 4. The summed E-state index contributed by atoms with van der Waals surface area (Å²) >= 11 is 0. The number of nitrogens with zero attached hydrogens (tertiary/aromatic N) is 1. The molecule has 5 heteroatoms. The van der Waals surface area contributed by atoms with Gasteiger partial charge in [0.15, 0.2) is 6.10 Å². The van der Waals surface area contributed by atoms with Crippen molar-refractivity contribution in [2.24, 2.45) is 5.92 Å². The van der Waals surface area contributed by atoms with Gasteiger partial charge in [-0.1, -0.05) is 74.5 Å². The fourth-order valence-electron chi connectivity index (χ4n) is 3.21. The maximum atomic E-state index is 12.3. The summed E-state index contributed by atoms with van der Waals surface area (Å²) in [4.78, 5) is 25.7. The molecular formula is C23H29NO4. The lowest BCUT2D eigenvalue weighted by Crippen LogP contribution is -2.53. The van der Waals surface area contributed by atoms with Gasteiger partial charge in [0, 0.05) is 20.4 Å². The molecule has 0 radical (unpaired) electrons. The normalized spacial score (nSPS) is 14.2. The molecule has 0 aromatic heterocycles. The predicted molar refractivity (Wildman–Crippen MR) is 108 cm³/mol. The second-order valence-corrected chi connectivity index (χ2v) is 7.41. The van der Waals surface area contributed by atoms with Crippen LogP contribution < -0.4 is 0 Å². The molecule has 0 unspecified atom stereocenters. The van der Waals surface area contributed by atoms with Crippen molar-refractivity contribution >= 4 is 11.9 Å². The van der Waals surface area contributed by atoms with Gasteiger partial charge in [0.25, 0.3) is 0 Å². The molecule has 0 aliphatic carbocycles. The van der Waals surface area contributed by atoms with Crippen LogP contribution in [0.15, 0.2) is 60.7 Å². The Balaban J connectivity index is 2.39. The number of amides is 1. The Morgan fingerprint density at radius 2 is 1.54 bits per heavy atom. The van der Waals surface area contributed by atoms with E-state index in [-0.39, 0.29) is 18.4 Å². The number of hydrogen-bond donors (Lipinski definition) is 1. The second-order valence-electron chi connectivity index (χ2n) is 7.41. The zero-order chi connectivity index (χ0) is 20.7. The van der Waals surface area contributed by atoms with Crippen LogP contribution in [-0.4, -0.2) is 34.0 Å². The van der Waals surface area contributed by atoms with Crippen LogP contribution >= 0.6 is 0 Å². The van der Waals surface area contributed by atoms with E-state index >= 15 is 0 Å². The predicted octanol–water partition coefficient (Wildman–Crippen LogP) is 3.73. The van der Waals surface area contributed by atoms with Gasteiger partial charge in [-0.3, -0.25) is 9.59 Å². The second kappa shape index (κ2) is 9.51. The number of rotatable bonds is 8. The summed E-state index contributed by atoms with van der Waals surface area (Å²) < 4.78 is 5.57. The number of esters is 1. The van der Waals surface area contributed by atoms with Crippen LogP contribution in [0.3, 0.4) is 0 Å². The van der Waals surface area contributed by atoms with Gasteiger partial charge in [-0.2, -0.15) is 0 Å². The molecule has 1 N–H and O–H groups in total. The smallest absolute Gasteiger partial charge is 0.303 e. The first kappa shape index (κ1) is 21.6. The molecule has 2 rings (SSSR count). The molecule has 0 heterocycles. The van der Waals surface area contributed by atoms with Crippen LogP contribution in [0, 0.1) is 5.92 Å². The van der Waals surface area contributed by atoms with Crippen molar-refractivity contribution in [1.82, 2.24) is 4.90 Å². The maximum Gasteiger partial charge on any atom is 0.303 e. The third-order valence-corrected chi connectivity index (χ3v) is 4.95. The Hall–Kier alpha value is -2.66. The summed E-state index contributed by atoms with van der Waals surface area (Å²) in [5.74, 6) is -0.905. The molecule has 0 bridgehead atoms. The monoisotopic (exact) mass is 383 g/mol. The largest absolute Gasteiger partial charge is 0.454 e. The number of carbonyl (C=O) groups is 2. The molecule has 0 aliphatic heterocycles. The van der Waals surface area contributed by atoms with E-state index in [1.54, 1.807) is 4.90 Å². The quantitative estimate of drug-likeness (QED) is 0.706.